The molecule has 0 amide bonds. The predicted octanol–water partition coefficient (Wildman–Crippen LogP) is 1.94. The monoisotopic (exact) mass is 282 g/mol. The summed E-state index contributed by atoms with van der Waals surface area (Å²) in [7, 11) is 0. The summed E-state index contributed by atoms with van der Waals surface area (Å²) in [6.45, 7) is 1.59. The van der Waals surface area contributed by atoms with Gasteiger partial charge >= 0.3 is 5.97 Å². The third-order valence-electron chi connectivity index (χ3n) is 2.78. The van der Waals surface area contributed by atoms with Gasteiger partial charge in [-0.15, -0.1) is 0 Å². The van der Waals surface area contributed by atoms with E-state index in [2.05, 4.69) is 0 Å². The lowest BCUT2D eigenvalue weighted by atomic mass is 10.00. The highest BCUT2D eigenvalue weighted by atomic mass is 32.2. The topological polar surface area (TPSA) is 72.8 Å². The number of hydrogen-bond acceptors (Lipinski definition) is 5. The van der Waals surface area contributed by atoms with Crippen LogP contribution in [0.25, 0.3) is 0 Å². The van der Waals surface area contributed by atoms with Gasteiger partial charge in [-0.2, -0.15) is 0 Å². The zero-order valence-corrected chi connectivity index (χ0v) is 11.2. The molecule has 1 aliphatic heterocycles. The highest BCUT2D eigenvalue weighted by Gasteiger charge is 2.24. The fourth-order valence-electron chi connectivity index (χ4n) is 1.85. The van der Waals surface area contributed by atoms with Gasteiger partial charge in [-0.25, -0.2) is 0 Å². The van der Waals surface area contributed by atoms with Gasteiger partial charge in [0.25, 0.3) is 0 Å². The van der Waals surface area contributed by atoms with Crippen molar-refractivity contribution in [1.82, 2.24) is 0 Å². The Morgan fingerprint density at radius 1 is 1.42 bits per heavy atom. The molecule has 102 valence electrons. The van der Waals surface area contributed by atoms with E-state index in [9.17, 15) is 14.7 Å². The number of carbonyl (C=O) groups excluding carboxylic acids is 1. The fraction of sp³-hybridized carbons (Fsp3) is 0.385. The molecular formula is C13H14O5S. The van der Waals surface area contributed by atoms with Crippen molar-refractivity contribution in [3.63, 3.8) is 0 Å². The van der Waals surface area contributed by atoms with E-state index < -0.39 is 11.9 Å². The average Bonchev–Trinajstić information content (AvgIpc) is 2.82. The van der Waals surface area contributed by atoms with Crippen molar-refractivity contribution in [3.05, 3.63) is 23.8 Å². The van der Waals surface area contributed by atoms with Crippen molar-refractivity contribution < 1.29 is 24.2 Å². The largest absolute Gasteiger partial charge is 0.481 e. The Morgan fingerprint density at radius 2 is 2.21 bits per heavy atom. The van der Waals surface area contributed by atoms with Crippen molar-refractivity contribution in [2.24, 2.45) is 5.92 Å². The van der Waals surface area contributed by atoms with Crippen LogP contribution in [-0.4, -0.2) is 28.7 Å². The van der Waals surface area contributed by atoms with Crippen molar-refractivity contribution in [2.45, 2.75) is 13.3 Å². The number of aliphatic carboxylic acids is 1. The van der Waals surface area contributed by atoms with Gasteiger partial charge in [0.2, 0.25) is 6.79 Å². The minimum Gasteiger partial charge on any atom is -0.481 e. The molecule has 0 saturated carbocycles. The standard InChI is InChI=1S/C13H14O5S/c1-8(14)19-6-10(13(15)16)5-9-3-2-4-11-12(9)18-7-17-11/h2-4,10H,5-7H2,1H3,(H,15,16). The van der Waals surface area contributed by atoms with Crippen LogP contribution in [0.1, 0.15) is 12.5 Å². The highest BCUT2D eigenvalue weighted by molar-refractivity contribution is 8.13. The first-order valence-corrected chi connectivity index (χ1v) is 6.80. The van der Waals surface area contributed by atoms with Crippen LogP contribution in [0.15, 0.2) is 18.2 Å². The van der Waals surface area contributed by atoms with Gasteiger partial charge in [0.05, 0.1) is 5.92 Å². The minimum atomic E-state index is -0.912. The first kappa shape index (κ1) is 13.7. The second-order valence-corrected chi connectivity index (χ2v) is 5.39. The van der Waals surface area contributed by atoms with E-state index in [0.29, 0.717) is 17.9 Å². The van der Waals surface area contributed by atoms with Gasteiger partial charge in [-0.05, 0) is 18.1 Å². The number of hydrogen-bond donors (Lipinski definition) is 1. The number of carbonyl (C=O) groups is 2. The lowest BCUT2D eigenvalue weighted by molar-refractivity contribution is -0.140. The SMILES string of the molecule is CC(=O)SCC(Cc1cccc2c1OCO2)C(=O)O. The Labute approximate surface area is 114 Å². The number of carboxylic acids is 1. The normalized spacial score (nSPS) is 14.2. The molecule has 19 heavy (non-hydrogen) atoms. The summed E-state index contributed by atoms with van der Waals surface area (Å²) in [5, 5.41) is 9.12. The third-order valence-corrected chi connectivity index (χ3v) is 3.76. The summed E-state index contributed by atoms with van der Waals surface area (Å²) in [5.41, 5.74) is 0.798. The van der Waals surface area contributed by atoms with Gasteiger partial charge in [0, 0.05) is 12.7 Å². The van der Waals surface area contributed by atoms with Crippen molar-refractivity contribution in [2.75, 3.05) is 12.5 Å². The molecule has 1 aromatic carbocycles. The van der Waals surface area contributed by atoms with E-state index in [1.807, 2.05) is 6.07 Å². The van der Waals surface area contributed by atoms with Crippen LogP contribution in [0.3, 0.4) is 0 Å². The molecule has 0 bridgehead atoms. The number of rotatable bonds is 5. The van der Waals surface area contributed by atoms with Gasteiger partial charge in [0.15, 0.2) is 16.6 Å². The molecule has 0 saturated heterocycles. The molecule has 0 aliphatic carbocycles. The van der Waals surface area contributed by atoms with E-state index >= 15 is 0 Å². The number of thioether (sulfide) groups is 1. The number of para-hydroxylation sites is 1. The van der Waals surface area contributed by atoms with Crippen molar-refractivity contribution in [1.29, 1.82) is 0 Å². The quantitative estimate of drug-likeness (QED) is 0.889. The lowest BCUT2D eigenvalue weighted by Crippen LogP contribution is -2.19. The van der Waals surface area contributed by atoms with Crippen LogP contribution in [0.4, 0.5) is 0 Å². The molecule has 0 fully saturated rings. The predicted molar refractivity (Wildman–Crippen MR) is 70.5 cm³/mol. The van der Waals surface area contributed by atoms with Crippen LogP contribution < -0.4 is 9.47 Å². The second kappa shape index (κ2) is 5.97. The van der Waals surface area contributed by atoms with Crippen LogP contribution in [0.2, 0.25) is 0 Å². The van der Waals surface area contributed by atoms with E-state index in [1.165, 1.54) is 6.92 Å². The molecule has 5 nitrogen and oxygen atoms in total. The van der Waals surface area contributed by atoms with Crippen molar-refractivity contribution in [3.8, 4) is 11.5 Å². The summed E-state index contributed by atoms with van der Waals surface area (Å²) < 4.78 is 10.6. The smallest absolute Gasteiger partial charge is 0.307 e. The van der Waals surface area contributed by atoms with E-state index in [1.54, 1.807) is 12.1 Å². The molecule has 0 spiro atoms. The van der Waals surface area contributed by atoms with Gasteiger partial charge in [-0.1, -0.05) is 23.9 Å². The third kappa shape index (κ3) is 3.41. The Balaban J connectivity index is 2.11. The first-order chi connectivity index (χ1) is 9.08. The van der Waals surface area contributed by atoms with Crippen LogP contribution in [0, 0.1) is 5.92 Å². The summed E-state index contributed by atoms with van der Waals surface area (Å²) in [4.78, 5) is 22.2. The number of fused-ring (bicyclic) bond motifs is 1. The molecule has 1 N–H and O–H groups in total. The lowest BCUT2D eigenvalue weighted by Gasteiger charge is -2.12. The maximum atomic E-state index is 11.2. The Kier molecular flexibility index (Phi) is 4.31. The fourth-order valence-corrected chi connectivity index (χ4v) is 2.55. The Bertz CT molecular complexity index is 500. The van der Waals surface area contributed by atoms with Crippen LogP contribution >= 0.6 is 11.8 Å². The number of ether oxygens (including phenoxy) is 2. The summed E-state index contributed by atoms with van der Waals surface area (Å²) in [5.74, 6) is -0.0212. The van der Waals surface area contributed by atoms with E-state index in [-0.39, 0.29) is 17.7 Å². The summed E-state index contributed by atoms with van der Waals surface area (Å²) >= 11 is 1.03. The zero-order valence-electron chi connectivity index (χ0n) is 10.4. The molecular weight excluding hydrogens is 268 g/mol. The average molecular weight is 282 g/mol. The summed E-state index contributed by atoms with van der Waals surface area (Å²) in [6, 6.07) is 5.41. The van der Waals surface area contributed by atoms with E-state index in [0.717, 1.165) is 17.3 Å². The maximum Gasteiger partial charge on any atom is 0.307 e. The minimum absolute atomic E-state index is 0.0795. The van der Waals surface area contributed by atoms with Crippen molar-refractivity contribution >= 4 is 22.8 Å². The van der Waals surface area contributed by atoms with E-state index in [4.69, 9.17) is 9.47 Å². The molecule has 0 aromatic heterocycles. The zero-order chi connectivity index (χ0) is 13.8. The Morgan fingerprint density at radius 3 is 2.89 bits per heavy atom. The molecule has 6 heteroatoms. The van der Waals surface area contributed by atoms with Crippen LogP contribution in [-0.2, 0) is 16.0 Å². The van der Waals surface area contributed by atoms with Gasteiger partial charge < -0.3 is 14.6 Å². The number of carboxylic acid groups (broad SMARTS) is 1. The molecule has 1 unspecified atom stereocenters. The van der Waals surface area contributed by atoms with Crippen LogP contribution in [0.5, 0.6) is 11.5 Å². The molecule has 1 aromatic rings. The van der Waals surface area contributed by atoms with Gasteiger partial charge in [0.1, 0.15) is 0 Å². The molecule has 2 rings (SSSR count). The maximum absolute atomic E-state index is 11.2. The number of benzene rings is 1. The highest BCUT2D eigenvalue weighted by Crippen LogP contribution is 2.36. The summed E-state index contributed by atoms with van der Waals surface area (Å²) in [6.07, 6.45) is 0.322. The molecule has 1 aliphatic rings. The Hall–Kier alpha value is -1.69. The molecule has 0 radical (unpaired) electrons. The molecule has 1 atom stereocenters. The first-order valence-electron chi connectivity index (χ1n) is 5.81. The molecule has 1 heterocycles. The second-order valence-electron chi connectivity index (χ2n) is 4.19. The van der Waals surface area contributed by atoms with Gasteiger partial charge in [-0.3, -0.25) is 9.59 Å².